The molecule has 0 unspecified atom stereocenters. The van der Waals surface area contributed by atoms with Crippen LogP contribution in [0.25, 0.3) is 0 Å². The van der Waals surface area contributed by atoms with Crippen LogP contribution in [0.15, 0.2) is 66.7 Å². The van der Waals surface area contributed by atoms with Gasteiger partial charge in [0.1, 0.15) is 0 Å². The van der Waals surface area contributed by atoms with Crippen LogP contribution in [-0.2, 0) is 20.1 Å². The van der Waals surface area contributed by atoms with Gasteiger partial charge in [0.15, 0.2) is 0 Å². The molecule has 1 heterocycles. The summed E-state index contributed by atoms with van der Waals surface area (Å²) in [6.45, 7) is 22.2. The molecule has 0 aliphatic carbocycles. The summed E-state index contributed by atoms with van der Waals surface area (Å²) in [5, 5.41) is 4.08. The zero-order valence-electron chi connectivity index (χ0n) is 28.0. The van der Waals surface area contributed by atoms with Crippen LogP contribution >= 0.6 is 31.0 Å². The number of hydrogen-bond acceptors (Lipinski definition) is 4. The first kappa shape index (κ1) is 36.3. The Morgan fingerprint density at radius 1 is 0.804 bits per heavy atom. The van der Waals surface area contributed by atoms with Crippen molar-refractivity contribution >= 4 is 52.7 Å². The summed E-state index contributed by atoms with van der Waals surface area (Å²) >= 11 is 4.16. The van der Waals surface area contributed by atoms with Crippen LogP contribution in [0.4, 0.5) is 17.1 Å². The van der Waals surface area contributed by atoms with Crippen molar-refractivity contribution < 1.29 is 18.3 Å². The number of nitrogens with one attached hydrogen (secondary N) is 1. The van der Waals surface area contributed by atoms with Crippen molar-refractivity contribution in [3.63, 3.8) is 0 Å². The minimum atomic E-state index is -1.91. The van der Waals surface area contributed by atoms with E-state index in [4.69, 9.17) is 35.7 Å². The van der Waals surface area contributed by atoms with Crippen LogP contribution < -0.4 is 19.9 Å². The first-order valence-corrected chi connectivity index (χ1v) is 21.3. The van der Waals surface area contributed by atoms with Crippen molar-refractivity contribution in [3.05, 3.63) is 123 Å². The van der Waals surface area contributed by atoms with Crippen LogP contribution in [0, 0.1) is 48.2 Å². The quantitative estimate of drug-likeness (QED) is 0.143. The van der Waals surface area contributed by atoms with E-state index in [-0.39, 0.29) is 6.10 Å². The number of halogens is 3. The average Bonchev–Trinajstić information content (AvgIpc) is 3.41. The maximum atomic E-state index is 6.07. The van der Waals surface area contributed by atoms with Crippen molar-refractivity contribution in [3.8, 4) is 5.75 Å². The van der Waals surface area contributed by atoms with Gasteiger partial charge in [0.25, 0.3) is 0 Å². The van der Waals surface area contributed by atoms with Crippen LogP contribution in [0.1, 0.15) is 58.4 Å². The standard InChI is InChI=1S/C21H27N2.C17H18ClNO.2ClH.Ru/c1-14-9-16(3)20(17(4)10-14)22-7-8-23(13-22)21-18(5)11-15(2)12-19(21)6;1-12(2)20-17-7-5-4-6-16(17)19-11-14-8-9-15(18)10-13(14)3;;;/h9-13H,7-8H2,1-6H3;3-10,12,19H,11H2,1-2H3;2*1H;/q-1;;;;+2/p-2. The second-order valence-electron chi connectivity index (χ2n) is 12.2. The molecular weight excluding hydrogens is 722 g/mol. The Labute approximate surface area is 294 Å². The van der Waals surface area contributed by atoms with Gasteiger partial charge in [-0.2, -0.15) is 6.67 Å². The molecule has 1 fully saturated rings. The maximum Gasteiger partial charge on any atom is 0.0146 e. The van der Waals surface area contributed by atoms with Crippen LogP contribution in [-0.4, -0.2) is 23.8 Å². The summed E-state index contributed by atoms with van der Waals surface area (Å²) < 4.78 is 7.73. The van der Waals surface area contributed by atoms with Gasteiger partial charge in [0.2, 0.25) is 0 Å². The summed E-state index contributed by atoms with van der Waals surface area (Å²) in [6.07, 6.45) is 0.122. The van der Waals surface area contributed by atoms with E-state index in [1.54, 1.807) is 0 Å². The van der Waals surface area contributed by atoms with E-state index in [9.17, 15) is 0 Å². The summed E-state index contributed by atoms with van der Waals surface area (Å²) in [4.78, 5) is 4.81. The number of aryl methyl sites for hydroxylation is 6. The van der Waals surface area contributed by atoms with E-state index in [2.05, 4.69) is 87.6 Å². The normalized spacial score (nSPS) is 13.0. The van der Waals surface area contributed by atoms with Gasteiger partial charge in [-0.15, -0.1) is 0 Å². The average molecular weight is 767 g/mol. The van der Waals surface area contributed by atoms with Gasteiger partial charge in [0.05, 0.1) is 0 Å². The third-order valence-electron chi connectivity index (χ3n) is 7.72. The molecule has 0 aromatic heterocycles. The fourth-order valence-electron chi connectivity index (χ4n) is 6.15. The van der Waals surface area contributed by atoms with Crippen molar-refractivity contribution in [2.45, 2.75) is 68.0 Å². The Morgan fingerprint density at radius 2 is 1.33 bits per heavy atom. The Balaban J connectivity index is 0.000000209. The van der Waals surface area contributed by atoms with E-state index in [0.29, 0.717) is 11.6 Å². The van der Waals surface area contributed by atoms with Crippen molar-refractivity contribution in [2.24, 2.45) is 0 Å². The molecule has 5 rings (SSSR count). The summed E-state index contributed by atoms with van der Waals surface area (Å²) in [7, 11) is 12.0. The number of nitrogens with zero attached hydrogens (tertiary/aromatic N) is 2. The zero-order valence-corrected chi connectivity index (χ0v) is 32.0. The molecule has 8 heteroatoms. The van der Waals surface area contributed by atoms with Crippen molar-refractivity contribution in [1.29, 1.82) is 0 Å². The van der Waals surface area contributed by atoms with E-state index in [0.717, 1.165) is 35.7 Å². The Kier molecular flexibility index (Phi) is 13.0. The van der Waals surface area contributed by atoms with E-state index in [1.807, 2.05) is 60.9 Å². The molecule has 1 N–H and O–H groups in total. The predicted molar refractivity (Wildman–Crippen MR) is 198 cm³/mol. The zero-order chi connectivity index (χ0) is 33.5. The minimum Gasteiger partial charge on any atom is -0.502 e. The first-order valence-electron chi connectivity index (χ1n) is 15.5. The molecule has 4 aromatic carbocycles. The monoisotopic (exact) mass is 766 g/mol. The molecule has 1 aliphatic rings. The number of hydrogen-bond donors (Lipinski definition) is 1. The molecule has 46 heavy (non-hydrogen) atoms. The molecule has 0 radical (unpaired) electrons. The predicted octanol–water partition coefficient (Wildman–Crippen LogP) is 10.8. The van der Waals surface area contributed by atoms with Gasteiger partial charge in [-0.05, 0) is 63.8 Å². The number of ether oxygens (including phenoxy) is 1. The topological polar surface area (TPSA) is 27.7 Å². The van der Waals surface area contributed by atoms with Crippen LogP contribution in [0.2, 0.25) is 5.02 Å². The van der Waals surface area contributed by atoms with E-state index < -0.39 is 13.5 Å². The number of para-hydroxylation sites is 2. The fourth-order valence-corrected chi connectivity index (χ4v) is 8.19. The second-order valence-corrected chi connectivity index (χ2v) is 18.3. The van der Waals surface area contributed by atoms with Crippen LogP contribution in [0.5, 0.6) is 5.75 Å². The molecule has 0 atom stereocenters. The molecule has 248 valence electrons. The third-order valence-corrected chi connectivity index (χ3v) is 9.79. The molecule has 0 saturated carbocycles. The van der Waals surface area contributed by atoms with Gasteiger partial charge in [0, 0.05) is 24.5 Å². The molecular formula is C38H45Cl3N3ORu-. The van der Waals surface area contributed by atoms with Gasteiger partial charge < -0.3 is 9.80 Å². The van der Waals surface area contributed by atoms with Crippen molar-refractivity contribution in [1.82, 2.24) is 0 Å². The van der Waals surface area contributed by atoms with Crippen molar-refractivity contribution in [2.75, 3.05) is 28.2 Å². The summed E-state index contributed by atoms with van der Waals surface area (Å²) in [5.74, 6) is 0.837. The molecule has 4 aromatic rings. The molecule has 1 aliphatic heterocycles. The summed E-state index contributed by atoms with van der Waals surface area (Å²) in [6, 6.07) is 22.7. The van der Waals surface area contributed by atoms with Gasteiger partial charge in [-0.1, -0.05) is 35.4 Å². The van der Waals surface area contributed by atoms with Gasteiger partial charge >= 0.3 is 156 Å². The van der Waals surface area contributed by atoms with Crippen LogP contribution in [0.3, 0.4) is 0 Å². The second kappa shape index (κ2) is 16.5. The Hall–Kier alpha value is -2.56. The number of anilines is 3. The number of benzene rings is 4. The fraction of sp³-hybridized carbons (Fsp3) is 0.316. The van der Waals surface area contributed by atoms with Gasteiger partial charge in [-0.25, -0.2) is 0 Å². The molecule has 0 bridgehead atoms. The SMILES string of the molecule is CC(C)Oc1ccccc1NCc1ccc(Cl)cc1[CH]=[Ru]([Cl])[Cl].Cc1cc(C)c(N2[CH-]N(c3c(C)cc(C)cc3C)CC2)c(C)c1. The van der Waals surface area contributed by atoms with Gasteiger partial charge in [-0.3, -0.25) is 0 Å². The molecule has 0 amide bonds. The summed E-state index contributed by atoms with van der Waals surface area (Å²) in [5.41, 5.74) is 13.9. The van der Waals surface area contributed by atoms with E-state index in [1.165, 1.54) is 44.8 Å². The smallest absolute Gasteiger partial charge is 0.0146 e. The third kappa shape index (κ3) is 9.74. The largest absolute Gasteiger partial charge is 0.502 e. The van der Waals surface area contributed by atoms with E-state index >= 15 is 0 Å². The molecule has 0 spiro atoms. The Bertz CT molecular complexity index is 1590. The first-order chi connectivity index (χ1) is 21.8. The minimum absolute atomic E-state index is 0.122. The molecule has 4 nitrogen and oxygen atoms in total. The Morgan fingerprint density at radius 3 is 1.83 bits per heavy atom. The maximum absolute atomic E-state index is 6.07. The molecule has 1 saturated heterocycles. The number of rotatable bonds is 8.